The molecule has 1 aromatic heterocycles. The number of nitrogens with zero attached hydrogens (tertiary/aromatic N) is 2. The summed E-state index contributed by atoms with van der Waals surface area (Å²) in [4.78, 5) is 11.6. The quantitative estimate of drug-likeness (QED) is 0.657. The fourth-order valence-corrected chi connectivity index (χ4v) is 2.90. The van der Waals surface area contributed by atoms with E-state index in [1.807, 2.05) is 31.2 Å². The van der Waals surface area contributed by atoms with Crippen LogP contribution in [0.5, 0.6) is 5.75 Å². The van der Waals surface area contributed by atoms with Crippen molar-refractivity contribution in [1.29, 1.82) is 0 Å². The number of methoxy groups -OCH3 is 1. The molecule has 0 atom stereocenters. The van der Waals surface area contributed by atoms with Gasteiger partial charge in [-0.2, -0.15) is 5.10 Å². The summed E-state index contributed by atoms with van der Waals surface area (Å²) in [6.07, 6.45) is 0. The molecule has 0 spiro atoms. The molecule has 2 aromatic carbocycles. The van der Waals surface area contributed by atoms with Gasteiger partial charge in [0.2, 0.25) is 0 Å². The second-order valence-electron chi connectivity index (χ2n) is 7.73. The number of rotatable bonds is 5. The molecule has 0 amide bonds. The van der Waals surface area contributed by atoms with Crippen LogP contribution < -0.4 is 10.1 Å². The molecule has 1 heterocycles. The number of aromatic nitrogens is 2. The number of anilines is 2. The van der Waals surface area contributed by atoms with Crippen molar-refractivity contribution < 1.29 is 14.6 Å². The molecule has 0 fully saturated rings. The Morgan fingerprint density at radius 2 is 1.86 bits per heavy atom. The topological polar surface area (TPSA) is 76.4 Å². The van der Waals surface area contributed by atoms with E-state index in [0.29, 0.717) is 17.3 Å². The molecule has 6 nitrogen and oxygen atoms in total. The molecule has 3 rings (SSSR count). The first-order valence-electron chi connectivity index (χ1n) is 9.05. The first kappa shape index (κ1) is 19.5. The van der Waals surface area contributed by atoms with Crippen LogP contribution in [0.15, 0.2) is 48.5 Å². The fourth-order valence-electron chi connectivity index (χ4n) is 2.90. The van der Waals surface area contributed by atoms with Gasteiger partial charge >= 0.3 is 5.97 Å². The lowest BCUT2D eigenvalue weighted by Crippen LogP contribution is -2.13. The zero-order valence-corrected chi connectivity index (χ0v) is 16.8. The highest BCUT2D eigenvalue weighted by Gasteiger charge is 2.23. The van der Waals surface area contributed by atoms with Crippen LogP contribution in [-0.2, 0) is 5.41 Å². The average Bonchev–Trinajstić information content (AvgIpc) is 3.06. The molecule has 0 unspecified atom stereocenters. The van der Waals surface area contributed by atoms with E-state index < -0.39 is 5.97 Å². The predicted octanol–water partition coefficient (Wildman–Crippen LogP) is 4.93. The number of carbonyl (C=O) groups is 1. The standard InChI is InChI=1S/C22H25N3O3/c1-14-10-11-18(28-5)17(12-14)25-20(13-19(24-25)22(2,3)4)23-16-9-7-6-8-15(16)21(26)27/h6-13,23H,1-5H3,(H,26,27). The van der Waals surface area contributed by atoms with Gasteiger partial charge in [-0.15, -0.1) is 0 Å². The molecule has 0 aliphatic rings. The van der Waals surface area contributed by atoms with Crippen molar-refractivity contribution in [2.75, 3.05) is 12.4 Å². The van der Waals surface area contributed by atoms with Gasteiger partial charge in [0.25, 0.3) is 0 Å². The summed E-state index contributed by atoms with van der Waals surface area (Å²) in [5.74, 6) is 0.365. The predicted molar refractivity (Wildman–Crippen MR) is 110 cm³/mol. The molecule has 0 aliphatic heterocycles. The Hall–Kier alpha value is -3.28. The Labute approximate surface area is 164 Å². The van der Waals surface area contributed by atoms with E-state index in [4.69, 9.17) is 9.84 Å². The second kappa shape index (κ2) is 7.38. The molecule has 28 heavy (non-hydrogen) atoms. The first-order chi connectivity index (χ1) is 13.2. The summed E-state index contributed by atoms with van der Waals surface area (Å²) in [5, 5.41) is 17.5. The van der Waals surface area contributed by atoms with Gasteiger partial charge in [0.1, 0.15) is 17.3 Å². The highest BCUT2D eigenvalue weighted by molar-refractivity contribution is 5.95. The van der Waals surface area contributed by atoms with E-state index in [1.165, 1.54) is 0 Å². The number of para-hydroxylation sites is 1. The van der Waals surface area contributed by atoms with Crippen molar-refractivity contribution in [2.24, 2.45) is 0 Å². The first-order valence-corrected chi connectivity index (χ1v) is 9.05. The zero-order valence-electron chi connectivity index (χ0n) is 16.8. The van der Waals surface area contributed by atoms with Crippen molar-refractivity contribution in [3.05, 3.63) is 65.4 Å². The molecular formula is C22H25N3O3. The summed E-state index contributed by atoms with van der Waals surface area (Å²) < 4.78 is 7.30. The zero-order chi connectivity index (χ0) is 20.5. The fraction of sp³-hybridized carbons (Fsp3) is 0.273. The van der Waals surface area contributed by atoms with Crippen LogP contribution in [0.1, 0.15) is 42.4 Å². The number of hydrogen-bond acceptors (Lipinski definition) is 4. The molecule has 0 bridgehead atoms. The number of ether oxygens (including phenoxy) is 1. The van der Waals surface area contributed by atoms with E-state index in [9.17, 15) is 9.90 Å². The van der Waals surface area contributed by atoms with E-state index in [-0.39, 0.29) is 11.0 Å². The van der Waals surface area contributed by atoms with Gasteiger partial charge in [0.15, 0.2) is 0 Å². The number of aromatic carboxylic acids is 1. The molecule has 0 radical (unpaired) electrons. The SMILES string of the molecule is COc1ccc(C)cc1-n1nc(C(C)(C)C)cc1Nc1ccccc1C(=O)O. The number of aryl methyl sites for hydroxylation is 1. The highest BCUT2D eigenvalue weighted by Crippen LogP contribution is 2.32. The van der Waals surface area contributed by atoms with Gasteiger partial charge in [-0.3, -0.25) is 0 Å². The summed E-state index contributed by atoms with van der Waals surface area (Å²) in [7, 11) is 1.62. The third-order valence-corrected chi connectivity index (χ3v) is 4.46. The minimum absolute atomic E-state index is 0.176. The summed E-state index contributed by atoms with van der Waals surface area (Å²) in [6, 6.07) is 14.6. The van der Waals surface area contributed by atoms with Gasteiger partial charge in [-0.1, -0.05) is 39.0 Å². The average molecular weight is 379 g/mol. The molecule has 146 valence electrons. The summed E-state index contributed by atoms with van der Waals surface area (Å²) in [6.45, 7) is 8.26. The van der Waals surface area contributed by atoms with Gasteiger partial charge in [-0.25, -0.2) is 9.48 Å². The lowest BCUT2D eigenvalue weighted by molar-refractivity contribution is 0.0698. The van der Waals surface area contributed by atoms with Crippen LogP contribution in [0.3, 0.4) is 0 Å². The summed E-state index contributed by atoms with van der Waals surface area (Å²) >= 11 is 0. The van der Waals surface area contributed by atoms with E-state index in [0.717, 1.165) is 16.9 Å². The van der Waals surface area contributed by atoms with Gasteiger partial charge in [0.05, 0.1) is 24.1 Å². The largest absolute Gasteiger partial charge is 0.494 e. The van der Waals surface area contributed by atoms with Gasteiger partial charge in [-0.05, 0) is 36.8 Å². The Balaban J connectivity index is 2.18. The molecule has 0 saturated heterocycles. The smallest absolute Gasteiger partial charge is 0.337 e. The van der Waals surface area contributed by atoms with Gasteiger partial charge < -0.3 is 15.2 Å². The van der Waals surface area contributed by atoms with Crippen LogP contribution in [0.2, 0.25) is 0 Å². The Morgan fingerprint density at radius 3 is 2.50 bits per heavy atom. The molecular weight excluding hydrogens is 354 g/mol. The Bertz CT molecular complexity index is 1020. The minimum Gasteiger partial charge on any atom is -0.494 e. The Morgan fingerprint density at radius 1 is 1.14 bits per heavy atom. The van der Waals surface area contributed by atoms with Crippen molar-refractivity contribution in [3.8, 4) is 11.4 Å². The lowest BCUT2D eigenvalue weighted by atomic mass is 9.92. The van der Waals surface area contributed by atoms with Crippen molar-refractivity contribution in [1.82, 2.24) is 9.78 Å². The maximum absolute atomic E-state index is 11.6. The van der Waals surface area contributed by atoms with Crippen molar-refractivity contribution >= 4 is 17.5 Å². The van der Waals surface area contributed by atoms with Crippen LogP contribution in [0.25, 0.3) is 5.69 Å². The van der Waals surface area contributed by atoms with E-state index in [2.05, 4.69) is 26.1 Å². The molecule has 6 heteroatoms. The van der Waals surface area contributed by atoms with Crippen LogP contribution >= 0.6 is 0 Å². The van der Waals surface area contributed by atoms with Crippen molar-refractivity contribution in [3.63, 3.8) is 0 Å². The normalized spacial score (nSPS) is 11.3. The maximum Gasteiger partial charge on any atom is 0.337 e. The second-order valence-corrected chi connectivity index (χ2v) is 7.73. The number of benzene rings is 2. The molecule has 2 N–H and O–H groups in total. The van der Waals surface area contributed by atoms with Crippen LogP contribution in [0.4, 0.5) is 11.5 Å². The minimum atomic E-state index is -0.988. The van der Waals surface area contributed by atoms with E-state index in [1.54, 1.807) is 36.1 Å². The van der Waals surface area contributed by atoms with E-state index >= 15 is 0 Å². The number of carboxylic acids is 1. The van der Waals surface area contributed by atoms with Crippen LogP contribution in [0, 0.1) is 6.92 Å². The molecule has 0 aliphatic carbocycles. The third-order valence-electron chi connectivity index (χ3n) is 4.46. The maximum atomic E-state index is 11.6. The monoisotopic (exact) mass is 379 g/mol. The van der Waals surface area contributed by atoms with Crippen LogP contribution in [-0.4, -0.2) is 28.0 Å². The highest BCUT2D eigenvalue weighted by atomic mass is 16.5. The summed E-state index contributed by atoms with van der Waals surface area (Å²) in [5.41, 5.74) is 3.26. The molecule has 3 aromatic rings. The van der Waals surface area contributed by atoms with Gasteiger partial charge in [0, 0.05) is 11.5 Å². The number of hydrogen-bond donors (Lipinski definition) is 2. The van der Waals surface area contributed by atoms with Crippen molar-refractivity contribution in [2.45, 2.75) is 33.1 Å². The lowest BCUT2D eigenvalue weighted by Gasteiger charge is -2.15. The number of carboxylic acid groups (broad SMARTS) is 1. The Kier molecular flexibility index (Phi) is 5.14. The molecule has 0 saturated carbocycles. The third kappa shape index (κ3) is 3.86. The number of nitrogens with one attached hydrogen (secondary N) is 1.